The second kappa shape index (κ2) is 5.97. The third kappa shape index (κ3) is 4.46. The summed E-state index contributed by atoms with van der Waals surface area (Å²) in [6.07, 6.45) is 1.83. The maximum atomic E-state index is 11.7. The van der Waals surface area contributed by atoms with Crippen molar-refractivity contribution in [2.75, 3.05) is 12.8 Å². The molecule has 0 saturated carbocycles. The van der Waals surface area contributed by atoms with Crippen LogP contribution >= 0.6 is 0 Å². The molecule has 0 aliphatic carbocycles. The molecule has 0 aromatic heterocycles. The van der Waals surface area contributed by atoms with Gasteiger partial charge >= 0.3 is 0 Å². The van der Waals surface area contributed by atoms with Crippen LogP contribution in [0.5, 0.6) is 0 Å². The number of amides is 1. The number of carbonyl (C=O) groups is 1. The van der Waals surface area contributed by atoms with E-state index in [0.717, 1.165) is 6.26 Å². The number of benzene rings is 1. The number of rotatable bonds is 5. The average molecular weight is 270 g/mol. The Kier molecular flexibility index (Phi) is 4.86. The molecule has 5 nitrogen and oxygen atoms in total. The summed E-state index contributed by atoms with van der Waals surface area (Å²) in [4.78, 5) is 11.9. The summed E-state index contributed by atoms with van der Waals surface area (Å²) in [5.74, 6) is -0.226. The van der Waals surface area contributed by atoms with E-state index in [1.54, 1.807) is 0 Å². The lowest BCUT2D eigenvalue weighted by Gasteiger charge is -2.07. The van der Waals surface area contributed by atoms with E-state index in [4.69, 9.17) is 5.73 Å². The Balaban J connectivity index is 2.65. The van der Waals surface area contributed by atoms with E-state index in [1.807, 2.05) is 6.92 Å². The highest BCUT2D eigenvalue weighted by atomic mass is 32.2. The minimum atomic E-state index is -3.22. The first-order chi connectivity index (χ1) is 8.30. The number of hydrogen-bond donors (Lipinski definition) is 2. The molecule has 18 heavy (non-hydrogen) atoms. The summed E-state index contributed by atoms with van der Waals surface area (Å²) in [6, 6.07) is 5.89. The van der Waals surface area contributed by atoms with Crippen LogP contribution in [-0.4, -0.2) is 33.2 Å². The van der Waals surface area contributed by atoms with E-state index in [9.17, 15) is 13.2 Å². The maximum absolute atomic E-state index is 11.7. The largest absolute Gasteiger partial charge is 0.352 e. The van der Waals surface area contributed by atoms with Crippen molar-refractivity contribution in [1.82, 2.24) is 5.32 Å². The molecule has 1 atom stereocenters. The first-order valence-electron chi connectivity index (χ1n) is 5.64. The molecule has 6 heteroatoms. The van der Waals surface area contributed by atoms with E-state index in [1.165, 1.54) is 24.3 Å². The van der Waals surface area contributed by atoms with Gasteiger partial charge in [0.1, 0.15) is 0 Å². The van der Waals surface area contributed by atoms with Crippen molar-refractivity contribution in [3.8, 4) is 0 Å². The third-order valence-electron chi connectivity index (χ3n) is 2.43. The van der Waals surface area contributed by atoms with Gasteiger partial charge in [-0.25, -0.2) is 8.42 Å². The van der Waals surface area contributed by atoms with Crippen molar-refractivity contribution in [2.45, 2.75) is 24.3 Å². The molecule has 0 radical (unpaired) electrons. The lowest BCUT2D eigenvalue weighted by Crippen LogP contribution is -2.28. The SMILES string of the molecule is CC(N)CCNC(=O)c1ccc(S(C)(=O)=O)cc1. The van der Waals surface area contributed by atoms with Crippen molar-refractivity contribution >= 4 is 15.7 Å². The molecule has 1 amide bonds. The average Bonchev–Trinajstić information content (AvgIpc) is 2.27. The Labute approximate surface area is 107 Å². The molecular formula is C12H18N2O3S. The van der Waals surface area contributed by atoms with Crippen molar-refractivity contribution < 1.29 is 13.2 Å². The Bertz CT molecular complexity index is 507. The predicted octanol–water partition coefficient (Wildman–Crippen LogP) is 0.557. The van der Waals surface area contributed by atoms with Crippen molar-refractivity contribution in [2.24, 2.45) is 5.73 Å². The van der Waals surface area contributed by atoms with Gasteiger partial charge in [-0.1, -0.05) is 0 Å². The lowest BCUT2D eigenvalue weighted by atomic mass is 10.2. The van der Waals surface area contributed by atoms with Crippen molar-refractivity contribution in [3.05, 3.63) is 29.8 Å². The normalized spacial score (nSPS) is 13.1. The highest BCUT2D eigenvalue weighted by molar-refractivity contribution is 7.90. The molecule has 100 valence electrons. The van der Waals surface area contributed by atoms with E-state index in [0.29, 0.717) is 18.5 Å². The molecule has 0 saturated heterocycles. The molecule has 1 aromatic rings. The van der Waals surface area contributed by atoms with Crippen LogP contribution in [0.25, 0.3) is 0 Å². The number of nitrogens with one attached hydrogen (secondary N) is 1. The molecule has 1 unspecified atom stereocenters. The number of carbonyl (C=O) groups excluding carboxylic acids is 1. The molecule has 0 heterocycles. The van der Waals surface area contributed by atoms with Crippen LogP contribution in [0.2, 0.25) is 0 Å². The van der Waals surface area contributed by atoms with Gasteiger partial charge in [-0.05, 0) is 37.6 Å². The van der Waals surface area contributed by atoms with Gasteiger partial charge in [-0.2, -0.15) is 0 Å². The zero-order valence-electron chi connectivity index (χ0n) is 10.5. The predicted molar refractivity (Wildman–Crippen MR) is 70.2 cm³/mol. The lowest BCUT2D eigenvalue weighted by molar-refractivity contribution is 0.0952. The summed E-state index contributed by atoms with van der Waals surface area (Å²) in [5.41, 5.74) is 6.00. The van der Waals surface area contributed by atoms with Gasteiger partial charge < -0.3 is 11.1 Å². The zero-order chi connectivity index (χ0) is 13.8. The first-order valence-corrected chi connectivity index (χ1v) is 7.54. The fourth-order valence-electron chi connectivity index (χ4n) is 1.37. The minimum Gasteiger partial charge on any atom is -0.352 e. The Morgan fingerprint density at radius 3 is 2.33 bits per heavy atom. The van der Waals surface area contributed by atoms with Gasteiger partial charge in [-0.15, -0.1) is 0 Å². The van der Waals surface area contributed by atoms with Gasteiger partial charge in [0.25, 0.3) is 5.91 Å². The fourth-order valence-corrected chi connectivity index (χ4v) is 2.00. The number of hydrogen-bond acceptors (Lipinski definition) is 4. The van der Waals surface area contributed by atoms with Crippen LogP contribution < -0.4 is 11.1 Å². The monoisotopic (exact) mass is 270 g/mol. The van der Waals surface area contributed by atoms with Gasteiger partial charge in [0.2, 0.25) is 0 Å². The molecule has 0 aliphatic heterocycles. The Hall–Kier alpha value is -1.40. The summed E-state index contributed by atoms with van der Waals surface area (Å²) in [7, 11) is -3.22. The second-order valence-electron chi connectivity index (χ2n) is 4.32. The summed E-state index contributed by atoms with van der Waals surface area (Å²) in [6.45, 7) is 2.37. The third-order valence-corrected chi connectivity index (χ3v) is 3.56. The molecule has 1 aromatic carbocycles. The van der Waals surface area contributed by atoms with Crippen LogP contribution in [0.15, 0.2) is 29.2 Å². The van der Waals surface area contributed by atoms with E-state index in [-0.39, 0.29) is 16.8 Å². The molecule has 0 spiro atoms. The molecule has 0 bridgehead atoms. The fraction of sp³-hybridized carbons (Fsp3) is 0.417. The van der Waals surface area contributed by atoms with Gasteiger partial charge in [-0.3, -0.25) is 4.79 Å². The van der Waals surface area contributed by atoms with Crippen LogP contribution in [0.1, 0.15) is 23.7 Å². The quantitative estimate of drug-likeness (QED) is 0.818. The van der Waals surface area contributed by atoms with E-state index in [2.05, 4.69) is 5.32 Å². The summed E-state index contributed by atoms with van der Waals surface area (Å²) < 4.78 is 22.5. The minimum absolute atomic E-state index is 0.0397. The maximum Gasteiger partial charge on any atom is 0.251 e. The highest BCUT2D eigenvalue weighted by Gasteiger charge is 2.09. The van der Waals surface area contributed by atoms with Crippen molar-refractivity contribution in [3.63, 3.8) is 0 Å². The molecule has 1 rings (SSSR count). The second-order valence-corrected chi connectivity index (χ2v) is 6.33. The topological polar surface area (TPSA) is 89.3 Å². The van der Waals surface area contributed by atoms with E-state index >= 15 is 0 Å². The molecular weight excluding hydrogens is 252 g/mol. The van der Waals surface area contributed by atoms with E-state index < -0.39 is 9.84 Å². The van der Waals surface area contributed by atoms with Crippen LogP contribution in [0.4, 0.5) is 0 Å². The smallest absolute Gasteiger partial charge is 0.251 e. The van der Waals surface area contributed by atoms with Crippen LogP contribution in [-0.2, 0) is 9.84 Å². The van der Waals surface area contributed by atoms with Gasteiger partial charge in [0, 0.05) is 24.4 Å². The Morgan fingerprint density at radius 1 is 1.33 bits per heavy atom. The molecule has 0 aliphatic rings. The van der Waals surface area contributed by atoms with Crippen molar-refractivity contribution in [1.29, 1.82) is 0 Å². The molecule has 0 fully saturated rings. The Morgan fingerprint density at radius 2 is 1.89 bits per heavy atom. The number of sulfone groups is 1. The van der Waals surface area contributed by atoms with Crippen LogP contribution in [0, 0.1) is 0 Å². The standard InChI is InChI=1S/C12H18N2O3S/c1-9(13)7-8-14-12(15)10-3-5-11(6-4-10)18(2,16)17/h3-6,9H,7-8,13H2,1-2H3,(H,14,15). The van der Waals surface area contributed by atoms with Gasteiger partial charge in [0.15, 0.2) is 9.84 Å². The summed E-state index contributed by atoms with van der Waals surface area (Å²) >= 11 is 0. The first kappa shape index (κ1) is 14.7. The molecule has 3 N–H and O–H groups in total. The van der Waals surface area contributed by atoms with Crippen LogP contribution in [0.3, 0.4) is 0 Å². The zero-order valence-corrected chi connectivity index (χ0v) is 11.3. The number of nitrogens with two attached hydrogens (primary N) is 1. The van der Waals surface area contributed by atoms with Gasteiger partial charge in [0.05, 0.1) is 4.90 Å². The summed E-state index contributed by atoms with van der Waals surface area (Å²) in [5, 5.41) is 2.72. The highest BCUT2D eigenvalue weighted by Crippen LogP contribution is 2.10.